The Labute approximate surface area is 119 Å². The van der Waals surface area contributed by atoms with Crippen LogP contribution in [0.5, 0.6) is 5.75 Å². The SMILES string of the molecule is CCC[C@@H](Oc1cc(Cl)cc(Cl)c1)C1CCNC1. The number of benzene rings is 1. The zero-order valence-electron chi connectivity index (χ0n) is 10.6. The van der Waals surface area contributed by atoms with Crippen LogP contribution in [0.2, 0.25) is 10.0 Å². The molecule has 1 saturated heterocycles. The third-order valence-corrected chi connectivity index (χ3v) is 3.76. The lowest BCUT2D eigenvalue weighted by molar-refractivity contribution is 0.132. The number of rotatable bonds is 5. The Morgan fingerprint density at radius 1 is 1.33 bits per heavy atom. The summed E-state index contributed by atoms with van der Waals surface area (Å²) in [6.07, 6.45) is 3.62. The van der Waals surface area contributed by atoms with Gasteiger partial charge in [-0.05, 0) is 37.6 Å². The Hall–Kier alpha value is -0.440. The molecule has 2 nitrogen and oxygen atoms in total. The molecule has 1 aliphatic rings. The van der Waals surface area contributed by atoms with Crippen molar-refractivity contribution in [2.75, 3.05) is 13.1 Å². The van der Waals surface area contributed by atoms with Gasteiger partial charge in [0, 0.05) is 22.5 Å². The minimum atomic E-state index is 0.250. The van der Waals surface area contributed by atoms with Gasteiger partial charge in [0.2, 0.25) is 0 Å². The van der Waals surface area contributed by atoms with Crippen LogP contribution in [-0.2, 0) is 0 Å². The van der Waals surface area contributed by atoms with Crippen molar-refractivity contribution in [2.24, 2.45) is 5.92 Å². The van der Waals surface area contributed by atoms with Crippen LogP contribution >= 0.6 is 23.2 Å². The van der Waals surface area contributed by atoms with Gasteiger partial charge in [-0.15, -0.1) is 0 Å². The minimum absolute atomic E-state index is 0.250. The van der Waals surface area contributed by atoms with Crippen molar-refractivity contribution >= 4 is 23.2 Å². The van der Waals surface area contributed by atoms with Crippen molar-refractivity contribution in [1.82, 2.24) is 5.32 Å². The number of hydrogen-bond donors (Lipinski definition) is 1. The molecule has 0 amide bonds. The van der Waals surface area contributed by atoms with Gasteiger partial charge in [-0.25, -0.2) is 0 Å². The Morgan fingerprint density at radius 2 is 2.06 bits per heavy atom. The molecule has 0 bridgehead atoms. The molecule has 2 rings (SSSR count). The molecule has 0 radical (unpaired) electrons. The van der Waals surface area contributed by atoms with Crippen LogP contribution in [0.4, 0.5) is 0 Å². The molecule has 0 spiro atoms. The molecular weight excluding hydrogens is 269 g/mol. The smallest absolute Gasteiger partial charge is 0.122 e. The van der Waals surface area contributed by atoms with E-state index in [1.165, 1.54) is 6.42 Å². The molecule has 1 aromatic carbocycles. The van der Waals surface area contributed by atoms with Crippen LogP contribution < -0.4 is 10.1 Å². The largest absolute Gasteiger partial charge is 0.490 e. The molecule has 0 saturated carbocycles. The van der Waals surface area contributed by atoms with Gasteiger partial charge in [-0.3, -0.25) is 0 Å². The molecule has 1 aromatic rings. The summed E-state index contributed by atoms with van der Waals surface area (Å²) in [7, 11) is 0. The molecule has 0 aliphatic carbocycles. The summed E-state index contributed by atoms with van der Waals surface area (Å²) in [6, 6.07) is 5.39. The highest BCUT2D eigenvalue weighted by Crippen LogP contribution is 2.28. The zero-order valence-corrected chi connectivity index (χ0v) is 12.1. The normalized spacial score (nSPS) is 20.9. The van der Waals surface area contributed by atoms with E-state index in [1.807, 2.05) is 12.1 Å². The fraction of sp³-hybridized carbons (Fsp3) is 0.571. The summed E-state index contributed by atoms with van der Waals surface area (Å²) in [4.78, 5) is 0. The molecule has 1 heterocycles. The van der Waals surface area contributed by atoms with E-state index in [0.29, 0.717) is 16.0 Å². The predicted molar refractivity (Wildman–Crippen MR) is 76.8 cm³/mol. The summed E-state index contributed by atoms with van der Waals surface area (Å²) in [6.45, 7) is 4.31. The first kappa shape index (κ1) is 14.0. The summed E-state index contributed by atoms with van der Waals surface area (Å²) in [5.41, 5.74) is 0. The maximum Gasteiger partial charge on any atom is 0.122 e. The van der Waals surface area contributed by atoms with Crippen molar-refractivity contribution in [3.8, 4) is 5.75 Å². The van der Waals surface area contributed by atoms with Crippen LogP contribution in [0.3, 0.4) is 0 Å². The lowest BCUT2D eigenvalue weighted by atomic mass is 9.97. The zero-order chi connectivity index (χ0) is 13.0. The van der Waals surface area contributed by atoms with E-state index >= 15 is 0 Å². The third kappa shape index (κ3) is 3.78. The summed E-state index contributed by atoms with van der Waals surface area (Å²) < 4.78 is 6.09. The van der Waals surface area contributed by atoms with E-state index in [2.05, 4.69) is 12.2 Å². The van der Waals surface area contributed by atoms with Crippen LogP contribution in [0.15, 0.2) is 18.2 Å². The van der Waals surface area contributed by atoms with Gasteiger partial charge in [-0.1, -0.05) is 36.5 Å². The van der Waals surface area contributed by atoms with Gasteiger partial charge < -0.3 is 10.1 Å². The summed E-state index contributed by atoms with van der Waals surface area (Å²) in [5, 5.41) is 4.63. The second-order valence-electron chi connectivity index (χ2n) is 4.80. The third-order valence-electron chi connectivity index (χ3n) is 3.32. The van der Waals surface area contributed by atoms with Gasteiger partial charge in [0.05, 0.1) is 0 Å². The highest BCUT2D eigenvalue weighted by molar-refractivity contribution is 6.34. The lowest BCUT2D eigenvalue weighted by Crippen LogP contribution is -2.28. The first-order chi connectivity index (χ1) is 8.69. The molecule has 2 atom stereocenters. The van der Waals surface area contributed by atoms with E-state index in [1.54, 1.807) is 6.07 Å². The average Bonchev–Trinajstić information content (AvgIpc) is 2.80. The molecule has 4 heteroatoms. The predicted octanol–water partition coefficient (Wildman–Crippen LogP) is 4.15. The maximum atomic E-state index is 6.09. The van der Waals surface area contributed by atoms with Crippen LogP contribution in [-0.4, -0.2) is 19.2 Å². The number of halogens is 2. The fourth-order valence-corrected chi connectivity index (χ4v) is 2.95. The second kappa shape index (κ2) is 6.65. The maximum absolute atomic E-state index is 6.09. The van der Waals surface area contributed by atoms with Crippen molar-refractivity contribution in [2.45, 2.75) is 32.3 Å². The molecular formula is C14H19Cl2NO. The lowest BCUT2D eigenvalue weighted by Gasteiger charge is -2.24. The number of ether oxygens (including phenoxy) is 1. The molecule has 1 aliphatic heterocycles. The van der Waals surface area contributed by atoms with Crippen LogP contribution in [0.25, 0.3) is 0 Å². The average molecular weight is 288 g/mol. The Balaban J connectivity index is 2.07. The molecule has 1 unspecified atom stereocenters. The van der Waals surface area contributed by atoms with Crippen molar-refractivity contribution in [1.29, 1.82) is 0 Å². The molecule has 1 N–H and O–H groups in total. The molecule has 0 aromatic heterocycles. The number of nitrogens with one attached hydrogen (secondary N) is 1. The highest BCUT2D eigenvalue weighted by atomic mass is 35.5. The van der Waals surface area contributed by atoms with Gasteiger partial charge in [0.25, 0.3) is 0 Å². The van der Waals surface area contributed by atoms with Crippen LogP contribution in [0, 0.1) is 5.92 Å². The molecule has 18 heavy (non-hydrogen) atoms. The van der Waals surface area contributed by atoms with Crippen molar-refractivity contribution in [3.05, 3.63) is 28.2 Å². The minimum Gasteiger partial charge on any atom is -0.490 e. The first-order valence-corrected chi connectivity index (χ1v) is 7.28. The van der Waals surface area contributed by atoms with E-state index in [4.69, 9.17) is 27.9 Å². The first-order valence-electron chi connectivity index (χ1n) is 6.52. The van der Waals surface area contributed by atoms with Crippen LogP contribution in [0.1, 0.15) is 26.2 Å². The van der Waals surface area contributed by atoms with Gasteiger partial charge in [-0.2, -0.15) is 0 Å². The highest BCUT2D eigenvalue weighted by Gasteiger charge is 2.25. The van der Waals surface area contributed by atoms with E-state index in [9.17, 15) is 0 Å². The van der Waals surface area contributed by atoms with E-state index in [-0.39, 0.29) is 6.10 Å². The molecule has 100 valence electrons. The second-order valence-corrected chi connectivity index (χ2v) is 5.68. The van der Waals surface area contributed by atoms with Crippen molar-refractivity contribution in [3.63, 3.8) is 0 Å². The molecule has 1 fully saturated rings. The van der Waals surface area contributed by atoms with Crippen molar-refractivity contribution < 1.29 is 4.74 Å². The summed E-state index contributed by atoms with van der Waals surface area (Å²) >= 11 is 12.0. The van der Waals surface area contributed by atoms with Gasteiger partial charge in [0.1, 0.15) is 11.9 Å². The van der Waals surface area contributed by atoms with Gasteiger partial charge in [0.15, 0.2) is 0 Å². The topological polar surface area (TPSA) is 21.3 Å². The Morgan fingerprint density at radius 3 is 2.61 bits per heavy atom. The monoisotopic (exact) mass is 287 g/mol. The fourth-order valence-electron chi connectivity index (χ4n) is 2.44. The Kier molecular flexibility index (Phi) is 5.16. The van der Waals surface area contributed by atoms with Gasteiger partial charge >= 0.3 is 0 Å². The summed E-state index contributed by atoms with van der Waals surface area (Å²) in [5.74, 6) is 1.36. The number of hydrogen-bond acceptors (Lipinski definition) is 2. The quantitative estimate of drug-likeness (QED) is 0.878. The van der Waals surface area contributed by atoms with E-state index in [0.717, 1.165) is 31.7 Å². The Bertz CT molecular complexity index is 371. The van der Waals surface area contributed by atoms with E-state index < -0.39 is 0 Å². The standard InChI is InChI=1S/C14H19Cl2NO/c1-2-3-14(10-4-5-17-9-10)18-13-7-11(15)6-12(16)8-13/h6-8,10,14,17H,2-5,9H2,1H3/t10?,14-/m1/s1.